The molecule has 1 atom stereocenters. The van der Waals surface area contributed by atoms with Crippen LogP contribution in [0.5, 0.6) is 0 Å². The third kappa shape index (κ3) is 5.74. The SMILES string of the molecule is COC(=O)CC(NC(=O)c1ccc(SCc2cn3ccccc3n2)cc1)c1ccccc1Cl. The lowest BCUT2D eigenvalue weighted by Gasteiger charge is -2.19. The van der Waals surface area contributed by atoms with E-state index in [4.69, 9.17) is 16.3 Å². The van der Waals surface area contributed by atoms with Crippen LogP contribution >= 0.6 is 23.4 Å². The lowest BCUT2D eigenvalue weighted by atomic mass is 10.0. The molecule has 1 N–H and O–H groups in total. The molecule has 4 rings (SSSR count). The normalized spacial score (nSPS) is 11.8. The molecule has 0 aliphatic heterocycles. The number of benzene rings is 2. The number of carbonyl (C=O) groups is 2. The van der Waals surface area contributed by atoms with Crippen molar-refractivity contribution >= 4 is 40.9 Å². The number of amides is 1. The zero-order valence-electron chi connectivity index (χ0n) is 17.9. The summed E-state index contributed by atoms with van der Waals surface area (Å²) in [6.07, 6.45) is 3.97. The number of hydrogen-bond acceptors (Lipinski definition) is 5. The predicted molar refractivity (Wildman–Crippen MR) is 129 cm³/mol. The molecule has 1 unspecified atom stereocenters. The molecule has 0 radical (unpaired) electrons. The number of aromatic nitrogens is 2. The monoisotopic (exact) mass is 479 g/mol. The summed E-state index contributed by atoms with van der Waals surface area (Å²) in [5.41, 5.74) is 3.06. The predicted octanol–water partition coefficient (Wildman–Crippen LogP) is 5.31. The van der Waals surface area contributed by atoms with Crippen molar-refractivity contribution in [1.29, 1.82) is 0 Å². The molecule has 0 aliphatic rings. The summed E-state index contributed by atoms with van der Waals surface area (Å²) >= 11 is 7.94. The minimum Gasteiger partial charge on any atom is -0.469 e. The topological polar surface area (TPSA) is 72.7 Å². The van der Waals surface area contributed by atoms with Gasteiger partial charge in [-0.2, -0.15) is 0 Å². The average molecular weight is 480 g/mol. The largest absolute Gasteiger partial charge is 0.469 e. The van der Waals surface area contributed by atoms with Gasteiger partial charge in [0.25, 0.3) is 5.91 Å². The van der Waals surface area contributed by atoms with E-state index >= 15 is 0 Å². The molecule has 0 spiro atoms. The van der Waals surface area contributed by atoms with Gasteiger partial charge in [0.05, 0.1) is 25.3 Å². The number of fused-ring (bicyclic) bond motifs is 1. The second-order valence-electron chi connectivity index (χ2n) is 7.34. The highest BCUT2D eigenvalue weighted by Crippen LogP contribution is 2.27. The number of thioether (sulfide) groups is 1. The Balaban J connectivity index is 1.41. The molecule has 168 valence electrons. The molecule has 2 aromatic carbocycles. The zero-order chi connectivity index (χ0) is 23.2. The van der Waals surface area contributed by atoms with Crippen LogP contribution in [0, 0.1) is 0 Å². The average Bonchev–Trinajstić information content (AvgIpc) is 3.26. The van der Waals surface area contributed by atoms with Crippen molar-refractivity contribution in [2.24, 2.45) is 0 Å². The zero-order valence-corrected chi connectivity index (χ0v) is 19.5. The fourth-order valence-electron chi connectivity index (χ4n) is 3.40. The van der Waals surface area contributed by atoms with Crippen LogP contribution in [-0.2, 0) is 15.3 Å². The quantitative estimate of drug-likeness (QED) is 0.274. The van der Waals surface area contributed by atoms with E-state index in [1.807, 2.05) is 53.2 Å². The van der Waals surface area contributed by atoms with Crippen molar-refractivity contribution in [3.05, 3.63) is 101 Å². The van der Waals surface area contributed by atoms with Gasteiger partial charge >= 0.3 is 5.97 Å². The van der Waals surface area contributed by atoms with Crippen molar-refractivity contribution in [2.45, 2.75) is 23.1 Å². The fraction of sp³-hybridized carbons (Fsp3) is 0.160. The van der Waals surface area contributed by atoms with Gasteiger partial charge in [0, 0.05) is 33.6 Å². The van der Waals surface area contributed by atoms with E-state index in [0.717, 1.165) is 22.0 Å². The first kappa shape index (κ1) is 22.9. The molecule has 6 nitrogen and oxygen atoms in total. The van der Waals surface area contributed by atoms with E-state index in [0.29, 0.717) is 16.1 Å². The van der Waals surface area contributed by atoms with Gasteiger partial charge in [-0.05, 0) is 48.0 Å². The van der Waals surface area contributed by atoms with E-state index in [1.54, 1.807) is 42.1 Å². The van der Waals surface area contributed by atoms with Crippen LogP contribution in [0.1, 0.15) is 34.1 Å². The molecule has 0 saturated carbocycles. The fourth-order valence-corrected chi connectivity index (χ4v) is 4.45. The molecule has 2 aromatic heterocycles. The number of nitrogens with zero attached hydrogens (tertiary/aromatic N) is 2. The van der Waals surface area contributed by atoms with Crippen LogP contribution in [0.15, 0.2) is 84.0 Å². The van der Waals surface area contributed by atoms with Crippen LogP contribution in [0.25, 0.3) is 5.65 Å². The van der Waals surface area contributed by atoms with Crippen LogP contribution in [0.2, 0.25) is 5.02 Å². The third-order valence-electron chi connectivity index (χ3n) is 5.10. The molecule has 1 amide bonds. The highest BCUT2D eigenvalue weighted by molar-refractivity contribution is 7.98. The Labute approximate surface area is 200 Å². The summed E-state index contributed by atoms with van der Waals surface area (Å²) in [5, 5.41) is 3.38. The maximum Gasteiger partial charge on any atom is 0.307 e. The minimum absolute atomic E-state index is 0.0150. The number of methoxy groups -OCH3 is 1. The van der Waals surface area contributed by atoms with Crippen LogP contribution in [0.4, 0.5) is 0 Å². The molecule has 0 saturated heterocycles. The Morgan fingerprint density at radius 2 is 1.85 bits per heavy atom. The number of pyridine rings is 1. The number of esters is 1. The Bertz CT molecular complexity index is 1240. The van der Waals surface area contributed by atoms with Crippen LogP contribution < -0.4 is 5.32 Å². The second-order valence-corrected chi connectivity index (χ2v) is 8.80. The van der Waals surface area contributed by atoms with Crippen LogP contribution in [0.3, 0.4) is 0 Å². The van der Waals surface area contributed by atoms with Gasteiger partial charge in [0.1, 0.15) is 5.65 Å². The van der Waals surface area contributed by atoms with Gasteiger partial charge in [0.15, 0.2) is 0 Å². The number of ether oxygens (including phenoxy) is 1. The van der Waals surface area contributed by atoms with E-state index in [-0.39, 0.29) is 12.3 Å². The maximum atomic E-state index is 12.9. The first-order chi connectivity index (χ1) is 16.0. The third-order valence-corrected chi connectivity index (χ3v) is 6.49. The number of carbonyl (C=O) groups excluding carboxylic acids is 2. The van der Waals surface area contributed by atoms with Gasteiger partial charge in [-0.15, -0.1) is 11.8 Å². The van der Waals surface area contributed by atoms with E-state index in [1.165, 1.54) is 7.11 Å². The molecule has 0 fully saturated rings. The lowest BCUT2D eigenvalue weighted by Crippen LogP contribution is -2.30. The molecular formula is C25H22ClN3O3S. The smallest absolute Gasteiger partial charge is 0.307 e. The molecule has 0 bridgehead atoms. The lowest BCUT2D eigenvalue weighted by molar-refractivity contribution is -0.141. The highest BCUT2D eigenvalue weighted by Gasteiger charge is 2.21. The number of nitrogens with one attached hydrogen (secondary N) is 1. The molecule has 2 heterocycles. The summed E-state index contributed by atoms with van der Waals surface area (Å²) in [4.78, 5) is 30.4. The minimum atomic E-state index is -0.595. The van der Waals surface area contributed by atoms with Gasteiger partial charge in [-0.25, -0.2) is 4.98 Å². The van der Waals surface area contributed by atoms with Crippen molar-refractivity contribution in [2.75, 3.05) is 7.11 Å². The Morgan fingerprint density at radius 3 is 2.58 bits per heavy atom. The van der Waals surface area contributed by atoms with Crippen molar-refractivity contribution in [3.63, 3.8) is 0 Å². The number of hydrogen-bond donors (Lipinski definition) is 1. The van der Waals surface area contributed by atoms with Gasteiger partial charge in [0.2, 0.25) is 0 Å². The van der Waals surface area contributed by atoms with Gasteiger partial charge in [-0.1, -0.05) is 35.9 Å². The summed E-state index contributed by atoms with van der Waals surface area (Å²) in [7, 11) is 1.32. The maximum absolute atomic E-state index is 12.9. The summed E-state index contributed by atoms with van der Waals surface area (Å²) in [6, 6.07) is 19.8. The highest BCUT2D eigenvalue weighted by atomic mass is 35.5. The molecule has 33 heavy (non-hydrogen) atoms. The number of rotatable bonds is 8. The summed E-state index contributed by atoms with van der Waals surface area (Å²) in [5.74, 6) is 0.000589. The molecule has 4 aromatic rings. The number of imidazole rings is 1. The first-order valence-corrected chi connectivity index (χ1v) is 11.7. The Hall–Kier alpha value is -3.29. The number of halogens is 1. The second kappa shape index (κ2) is 10.6. The standard InChI is InChI=1S/C25H22ClN3O3S/c1-32-24(30)14-22(20-6-2-3-7-21(20)26)28-25(31)17-9-11-19(12-10-17)33-16-18-15-29-13-5-4-8-23(29)27-18/h2-13,15,22H,14,16H2,1H3,(H,28,31). The Morgan fingerprint density at radius 1 is 1.09 bits per heavy atom. The van der Waals surface area contributed by atoms with E-state index in [9.17, 15) is 9.59 Å². The Kier molecular flexibility index (Phi) is 7.32. The molecular weight excluding hydrogens is 458 g/mol. The van der Waals surface area contributed by atoms with Gasteiger partial charge < -0.3 is 14.5 Å². The van der Waals surface area contributed by atoms with Crippen molar-refractivity contribution in [1.82, 2.24) is 14.7 Å². The summed E-state index contributed by atoms with van der Waals surface area (Å²) in [6.45, 7) is 0. The van der Waals surface area contributed by atoms with Crippen molar-refractivity contribution in [3.8, 4) is 0 Å². The summed E-state index contributed by atoms with van der Waals surface area (Å²) < 4.78 is 6.78. The van der Waals surface area contributed by atoms with Crippen LogP contribution in [-0.4, -0.2) is 28.4 Å². The molecule has 8 heteroatoms. The van der Waals surface area contributed by atoms with Gasteiger partial charge in [-0.3, -0.25) is 9.59 Å². The van der Waals surface area contributed by atoms with Crippen molar-refractivity contribution < 1.29 is 14.3 Å². The first-order valence-electron chi connectivity index (χ1n) is 10.3. The molecule has 0 aliphatic carbocycles. The van der Waals surface area contributed by atoms with E-state index < -0.39 is 12.0 Å². The van der Waals surface area contributed by atoms with E-state index in [2.05, 4.69) is 10.3 Å².